The third-order valence-corrected chi connectivity index (χ3v) is 6.17. The fourth-order valence-electron chi connectivity index (χ4n) is 3.05. The molecule has 0 saturated carbocycles. The summed E-state index contributed by atoms with van der Waals surface area (Å²) in [5.41, 5.74) is 1.47. The van der Waals surface area contributed by atoms with E-state index in [0.717, 1.165) is 5.69 Å². The van der Waals surface area contributed by atoms with Crippen LogP contribution >= 0.6 is 35.0 Å². The molecule has 1 aromatic heterocycles. The van der Waals surface area contributed by atoms with Gasteiger partial charge in [-0.3, -0.25) is 9.36 Å². The summed E-state index contributed by atoms with van der Waals surface area (Å²) in [6.07, 6.45) is 0. The largest absolute Gasteiger partial charge is 0.497 e. The smallest absolute Gasteiger partial charge is 0.196 e. The summed E-state index contributed by atoms with van der Waals surface area (Å²) >= 11 is 13.5. The van der Waals surface area contributed by atoms with Crippen LogP contribution in [0.25, 0.3) is 5.69 Å². The first kappa shape index (κ1) is 23.2. The van der Waals surface area contributed by atoms with E-state index in [4.69, 9.17) is 32.7 Å². The van der Waals surface area contributed by atoms with Gasteiger partial charge in [0.25, 0.3) is 0 Å². The number of benzene rings is 3. The first-order valence-electron chi connectivity index (χ1n) is 9.93. The molecule has 0 unspecified atom stereocenters. The molecule has 0 atom stereocenters. The average Bonchev–Trinajstić information content (AvgIpc) is 3.25. The van der Waals surface area contributed by atoms with Crippen LogP contribution < -0.4 is 9.47 Å². The Kier molecular flexibility index (Phi) is 7.54. The van der Waals surface area contributed by atoms with Gasteiger partial charge >= 0.3 is 0 Å². The van der Waals surface area contributed by atoms with Crippen LogP contribution in [0.5, 0.6) is 11.5 Å². The van der Waals surface area contributed by atoms with E-state index >= 15 is 0 Å². The number of carbonyl (C=O) groups excluding carboxylic acids is 1. The van der Waals surface area contributed by atoms with Gasteiger partial charge in [-0.15, -0.1) is 10.2 Å². The fraction of sp³-hybridized carbons (Fsp3) is 0.125. The molecule has 0 bridgehead atoms. The Morgan fingerprint density at radius 2 is 1.76 bits per heavy atom. The van der Waals surface area contributed by atoms with Crippen LogP contribution in [0.15, 0.2) is 78.0 Å². The molecule has 0 fully saturated rings. The monoisotopic (exact) mass is 499 g/mol. The lowest BCUT2D eigenvalue weighted by atomic mass is 10.1. The Balaban J connectivity index is 1.53. The molecular weight excluding hydrogens is 481 g/mol. The van der Waals surface area contributed by atoms with Crippen molar-refractivity contribution in [2.75, 3.05) is 12.9 Å². The highest BCUT2D eigenvalue weighted by Crippen LogP contribution is 2.29. The maximum atomic E-state index is 12.7. The summed E-state index contributed by atoms with van der Waals surface area (Å²) in [6, 6.07) is 21.7. The van der Waals surface area contributed by atoms with Gasteiger partial charge in [-0.05, 0) is 54.6 Å². The van der Waals surface area contributed by atoms with Crippen molar-refractivity contribution in [1.29, 1.82) is 0 Å². The standard InChI is InChI=1S/C24H19Cl2N3O3S/c1-31-19-10-7-16(8-11-19)21(30)15-33-24-28-27-23(29(24)18-5-3-2-4-6-18)14-32-22-12-9-17(25)13-20(22)26/h2-13H,14-15H2,1H3. The molecule has 6 nitrogen and oxygen atoms in total. The zero-order valence-corrected chi connectivity index (χ0v) is 19.9. The second kappa shape index (κ2) is 10.7. The third-order valence-electron chi connectivity index (χ3n) is 4.71. The van der Waals surface area contributed by atoms with Gasteiger partial charge in [0.2, 0.25) is 0 Å². The minimum Gasteiger partial charge on any atom is -0.497 e. The second-order valence-electron chi connectivity index (χ2n) is 6.87. The van der Waals surface area contributed by atoms with E-state index in [9.17, 15) is 4.79 Å². The Bertz CT molecular complexity index is 1250. The predicted octanol–water partition coefficient (Wildman–Crippen LogP) is 6.14. The van der Waals surface area contributed by atoms with Gasteiger partial charge in [0.15, 0.2) is 16.8 Å². The molecule has 0 saturated heterocycles. The molecule has 4 aromatic rings. The number of Topliss-reactive ketones (excluding diaryl/α,β-unsaturated/α-hetero) is 1. The van der Waals surface area contributed by atoms with E-state index in [-0.39, 0.29) is 18.1 Å². The number of ether oxygens (including phenoxy) is 2. The molecule has 0 aliphatic heterocycles. The maximum absolute atomic E-state index is 12.7. The Morgan fingerprint density at radius 3 is 2.45 bits per heavy atom. The van der Waals surface area contributed by atoms with Gasteiger partial charge in [-0.2, -0.15) is 0 Å². The Hall–Kier alpha value is -3.00. The van der Waals surface area contributed by atoms with Gasteiger partial charge in [0.05, 0.1) is 17.9 Å². The molecule has 4 rings (SSSR count). The van der Waals surface area contributed by atoms with E-state index in [2.05, 4.69) is 10.2 Å². The molecule has 33 heavy (non-hydrogen) atoms. The molecule has 0 N–H and O–H groups in total. The van der Waals surface area contributed by atoms with Crippen molar-refractivity contribution in [1.82, 2.24) is 14.8 Å². The summed E-state index contributed by atoms with van der Waals surface area (Å²) in [7, 11) is 1.59. The first-order valence-corrected chi connectivity index (χ1v) is 11.7. The Morgan fingerprint density at radius 1 is 1.00 bits per heavy atom. The van der Waals surface area contributed by atoms with Crippen molar-refractivity contribution < 1.29 is 14.3 Å². The maximum Gasteiger partial charge on any atom is 0.196 e. The fourth-order valence-corrected chi connectivity index (χ4v) is 4.38. The summed E-state index contributed by atoms with van der Waals surface area (Å²) in [5, 5.41) is 10.1. The lowest BCUT2D eigenvalue weighted by Gasteiger charge is -2.12. The van der Waals surface area contributed by atoms with Crippen LogP contribution in [-0.2, 0) is 6.61 Å². The minimum atomic E-state index is -0.0176. The van der Waals surface area contributed by atoms with Crippen molar-refractivity contribution >= 4 is 40.7 Å². The van der Waals surface area contributed by atoms with E-state index in [1.807, 2.05) is 34.9 Å². The van der Waals surface area contributed by atoms with Crippen LogP contribution in [-0.4, -0.2) is 33.4 Å². The number of ketones is 1. The number of nitrogens with zero attached hydrogens (tertiary/aromatic N) is 3. The van der Waals surface area contributed by atoms with Crippen LogP contribution in [0.1, 0.15) is 16.2 Å². The van der Waals surface area contributed by atoms with Gasteiger partial charge < -0.3 is 9.47 Å². The SMILES string of the molecule is COc1ccc(C(=O)CSc2nnc(COc3ccc(Cl)cc3Cl)n2-c2ccccc2)cc1. The van der Waals surface area contributed by atoms with E-state index in [1.54, 1.807) is 49.6 Å². The molecule has 3 aromatic carbocycles. The van der Waals surface area contributed by atoms with E-state index in [1.165, 1.54) is 11.8 Å². The molecular formula is C24H19Cl2N3O3S. The summed E-state index contributed by atoms with van der Waals surface area (Å²) in [4.78, 5) is 12.7. The Labute approximate surface area is 205 Å². The summed E-state index contributed by atoms with van der Waals surface area (Å²) in [5.74, 6) is 1.96. The number of methoxy groups -OCH3 is 1. The van der Waals surface area contributed by atoms with Crippen molar-refractivity contribution in [3.63, 3.8) is 0 Å². The van der Waals surface area contributed by atoms with Gasteiger partial charge in [0, 0.05) is 16.3 Å². The number of halogens is 2. The van der Waals surface area contributed by atoms with Gasteiger partial charge in [-0.1, -0.05) is 53.2 Å². The number of thioether (sulfide) groups is 1. The van der Waals surface area contributed by atoms with Crippen LogP contribution in [0, 0.1) is 0 Å². The van der Waals surface area contributed by atoms with E-state index < -0.39 is 0 Å². The van der Waals surface area contributed by atoms with E-state index in [0.29, 0.717) is 38.1 Å². The van der Waals surface area contributed by atoms with Crippen LogP contribution in [0.2, 0.25) is 10.0 Å². The molecule has 0 aliphatic rings. The van der Waals surface area contributed by atoms with Crippen molar-refractivity contribution in [2.45, 2.75) is 11.8 Å². The summed E-state index contributed by atoms with van der Waals surface area (Å²) < 4.78 is 12.9. The third kappa shape index (κ3) is 5.68. The quantitative estimate of drug-likeness (QED) is 0.203. The average molecular weight is 500 g/mol. The predicted molar refractivity (Wildman–Crippen MR) is 130 cm³/mol. The van der Waals surface area contributed by atoms with Crippen molar-refractivity contribution in [3.8, 4) is 17.2 Å². The molecule has 168 valence electrons. The zero-order valence-electron chi connectivity index (χ0n) is 17.6. The number of carbonyl (C=O) groups is 1. The molecule has 1 heterocycles. The van der Waals surface area contributed by atoms with Gasteiger partial charge in [-0.25, -0.2) is 0 Å². The molecule has 0 aliphatic carbocycles. The van der Waals surface area contributed by atoms with Crippen molar-refractivity contribution in [2.24, 2.45) is 0 Å². The lowest BCUT2D eigenvalue weighted by molar-refractivity contribution is 0.102. The molecule has 0 spiro atoms. The minimum absolute atomic E-state index is 0.0176. The van der Waals surface area contributed by atoms with Crippen LogP contribution in [0.3, 0.4) is 0 Å². The second-order valence-corrected chi connectivity index (χ2v) is 8.66. The summed E-state index contributed by atoms with van der Waals surface area (Å²) in [6.45, 7) is 0.135. The van der Waals surface area contributed by atoms with Crippen molar-refractivity contribution in [3.05, 3.63) is 94.2 Å². The molecule has 0 radical (unpaired) electrons. The van der Waals surface area contributed by atoms with Crippen LogP contribution in [0.4, 0.5) is 0 Å². The topological polar surface area (TPSA) is 66.2 Å². The number of para-hydroxylation sites is 1. The number of aromatic nitrogens is 3. The lowest BCUT2D eigenvalue weighted by Crippen LogP contribution is -2.08. The normalized spacial score (nSPS) is 10.8. The molecule has 9 heteroatoms. The highest BCUT2D eigenvalue weighted by molar-refractivity contribution is 7.99. The first-order chi connectivity index (χ1) is 16.0. The van der Waals surface area contributed by atoms with Gasteiger partial charge in [0.1, 0.15) is 18.1 Å². The number of hydrogen-bond acceptors (Lipinski definition) is 6. The highest BCUT2D eigenvalue weighted by Gasteiger charge is 2.17. The highest BCUT2D eigenvalue weighted by atomic mass is 35.5. The number of hydrogen-bond donors (Lipinski definition) is 0. The zero-order chi connectivity index (χ0) is 23.2. The number of rotatable bonds is 9. The molecule has 0 amide bonds.